The second-order valence-corrected chi connectivity index (χ2v) is 3.62. The molecule has 0 heterocycles. The summed E-state index contributed by atoms with van der Waals surface area (Å²) in [6.45, 7) is 6.67. The summed E-state index contributed by atoms with van der Waals surface area (Å²) < 4.78 is 0. The molecule has 1 aromatic rings. The van der Waals surface area contributed by atoms with Crippen LogP contribution in [0, 0.1) is 0 Å². The summed E-state index contributed by atoms with van der Waals surface area (Å²) in [7, 11) is 0. The maximum Gasteiger partial charge on any atom is -0.0132 e. The van der Waals surface area contributed by atoms with Gasteiger partial charge >= 0.3 is 0 Å². The number of hydrogen-bond donors (Lipinski definition) is 0. The first-order chi connectivity index (χ1) is 4.61. The number of hydrogen-bond acceptors (Lipinski definition) is 0. The van der Waals surface area contributed by atoms with E-state index in [1.807, 2.05) is 0 Å². The Labute approximate surface area is 70.3 Å². The van der Waals surface area contributed by atoms with Gasteiger partial charge in [-0.25, -0.2) is 0 Å². The Morgan fingerprint density at radius 1 is 0.909 bits per heavy atom. The zero-order valence-corrected chi connectivity index (χ0v) is 6.89. The molecule has 62 valence electrons. The summed E-state index contributed by atoms with van der Waals surface area (Å²) in [6.07, 6.45) is 0. The van der Waals surface area contributed by atoms with Gasteiger partial charge in [-0.1, -0.05) is 58.5 Å². The highest BCUT2D eigenvalue weighted by Crippen LogP contribution is 2.20. The van der Waals surface area contributed by atoms with Gasteiger partial charge in [-0.15, -0.1) is 0 Å². The molecule has 0 bridgehead atoms. The van der Waals surface area contributed by atoms with Crippen LogP contribution in [0.4, 0.5) is 0 Å². The van der Waals surface area contributed by atoms with Crippen LogP contribution in [-0.4, -0.2) is 0 Å². The van der Waals surface area contributed by atoms with Crippen LogP contribution in [0.25, 0.3) is 0 Å². The Kier molecular flexibility index (Phi) is 3.31. The molecule has 0 N–H and O–H groups in total. The molecule has 0 aliphatic heterocycles. The lowest BCUT2D eigenvalue weighted by Gasteiger charge is -2.18. The van der Waals surface area contributed by atoms with Gasteiger partial charge in [-0.2, -0.15) is 0 Å². The van der Waals surface area contributed by atoms with Gasteiger partial charge in [0.2, 0.25) is 0 Å². The van der Waals surface area contributed by atoms with E-state index in [-0.39, 0.29) is 7.43 Å². The molecule has 0 atom stereocenters. The monoisotopic (exact) mass is 150 g/mol. The highest BCUT2D eigenvalue weighted by atomic mass is 14.2. The molecule has 0 saturated heterocycles. The fourth-order valence-electron chi connectivity index (χ4n) is 0.938. The largest absolute Gasteiger partial charge is 0.0776 e. The van der Waals surface area contributed by atoms with Gasteiger partial charge in [0.1, 0.15) is 0 Å². The van der Waals surface area contributed by atoms with Crippen molar-refractivity contribution in [2.45, 2.75) is 33.6 Å². The van der Waals surface area contributed by atoms with Crippen LogP contribution in [0.5, 0.6) is 0 Å². The Morgan fingerprint density at radius 3 is 1.64 bits per heavy atom. The summed E-state index contributed by atoms with van der Waals surface area (Å²) in [6, 6.07) is 10.6. The SMILES string of the molecule is C.CC(C)(C)c1ccccc1. The Balaban J connectivity index is 0.000001000. The predicted octanol–water partition coefficient (Wildman–Crippen LogP) is 3.62. The molecule has 0 aromatic heterocycles. The highest BCUT2D eigenvalue weighted by molar-refractivity contribution is 5.21. The minimum atomic E-state index is 0. The smallest absolute Gasteiger partial charge is 0.0132 e. The van der Waals surface area contributed by atoms with Gasteiger partial charge in [-0.05, 0) is 11.0 Å². The van der Waals surface area contributed by atoms with E-state index in [1.54, 1.807) is 0 Å². The van der Waals surface area contributed by atoms with Crippen molar-refractivity contribution in [1.29, 1.82) is 0 Å². The molecule has 11 heavy (non-hydrogen) atoms. The van der Waals surface area contributed by atoms with Crippen LogP contribution in [-0.2, 0) is 5.41 Å². The Hall–Kier alpha value is -0.780. The lowest BCUT2D eigenvalue weighted by Crippen LogP contribution is -2.10. The number of rotatable bonds is 0. The molecule has 0 nitrogen and oxygen atoms in total. The molecule has 0 fully saturated rings. The van der Waals surface area contributed by atoms with Crippen molar-refractivity contribution in [3.05, 3.63) is 35.9 Å². The molecular weight excluding hydrogens is 132 g/mol. The highest BCUT2D eigenvalue weighted by Gasteiger charge is 2.11. The van der Waals surface area contributed by atoms with Gasteiger partial charge in [0.05, 0.1) is 0 Å². The molecule has 0 amide bonds. The second kappa shape index (κ2) is 3.56. The molecule has 1 rings (SSSR count). The van der Waals surface area contributed by atoms with E-state index in [2.05, 4.69) is 51.1 Å². The average molecular weight is 150 g/mol. The molecule has 0 aliphatic carbocycles. The fourth-order valence-corrected chi connectivity index (χ4v) is 0.938. The molecule has 0 radical (unpaired) electrons. The van der Waals surface area contributed by atoms with Crippen molar-refractivity contribution in [3.63, 3.8) is 0 Å². The van der Waals surface area contributed by atoms with E-state index in [0.29, 0.717) is 5.41 Å². The van der Waals surface area contributed by atoms with E-state index in [0.717, 1.165) is 0 Å². The van der Waals surface area contributed by atoms with Crippen LogP contribution < -0.4 is 0 Å². The predicted molar refractivity (Wildman–Crippen MR) is 51.9 cm³/mol. The van der Waals surface area contributed by atoms with E-state index >= 15 is 0 Å². The first-order valence-corrected chi connectivity index (χ1v) is 3.66. The third-order valence-electron chi connectivity index (χ3n) is 1.64. The van der Waals surface area contributed by atoms with Gasteiger partial charge in [0, 0.05) is 0 Å². The van der Waals surface area contributed by atoms with Crippen molar-refractivity contribution >= 4 is 0 Å². The van der Waals surface area contributed by atoms with E-state index in [9.17, 15) is 0 Å². The molecule has 0 spiro atoms. The maximum atomic E-state index is 2.22. The normalized spacial score (nSPS) is 10.5. The molecular formula is C11H18. The standard InChI is InChI=1S/C10H14.CH4/c1-10(2,3)9-7-5-4-6-8-9;/h4-8H,1-3H3;1H4. The van der Waals surface area contributed by atoms with E-state index in [4.69, 9.17) is 0 Å². The van der Waals surface area contributed by atoms with Crippen LogP contribution in [0.3, 0.4) is 0 Å². The Morgan fingerprint density at radius 2 is 1.36 bits per heavy atom. The summed E-state index contributed by atoms with van der Waals surface area (Å²) in [5.74, 6) is 0. The zero-order chi connectivity index (χ0) is 7.61. The fraction of sp³-hybridized carbons (Fsp3) is 0.455. The Bertz CT molecular complexity index is 191. The van der Waals surface area contributed by atoms with Crippen LogP contribution in [0.1, 0.15) is 33.8 Å². The first kappa shape index (κ1) is 10.2. The molecule has 1 aromatic carbocycles. The van der Waals surface area contributed by atoms with E-state index in [1.165, 1.54) is 5.56 Å². The zero-order valence-electron chi connectivity index (χ0n) is 6.89. The van der Waals surface area contributed by atoms with Crippen LogP contribution >= 0.6 is 0 Å². The summed E-state index contributed by atoms with van der Waals surface area (Å²) in [5, 5.41) is 0. The van der Waals surface area contributed by atoms with Gasteiger partial charge < -0.3 is 0 Å². The van der Waals surface area contributed by atoms with Gasteiger partial charge in [0.25, 0.3) is 0 Å². The average Bonchev–Trinajstić information content (AvgIpc) is 1.88. The maximum absolute atomic E-state index is 2.22. The van der Waals surface area contributed by atoms with Gasteiger partial charge in [0.15, 0.2) is 0 Å². The lowest BCUT2D eigenvalue weighted by atomic mass is 9.87. The second-order valence-electron chi connectivity index (χ2n) is 3.62. The van der Waals surface area contributed by atoms with Crippen molar-refractivity contribution in [2.24, 2.45) is 0 Å². The quantitative estimate of drug-likeness (QED) is 0.530. The first-order valence-electron chi connectivity index (χ1n) is 3.66. The van der Waals surface area contributed by atoms with Crippen LogP contribution in [0.2, 0.25) is 0 Å². The van der Waals surface area contributed by atoms with Crippen molar-refractivity contribution in [2.75, 3.05) is 0 Å². The molecule has 0 unspecified atom stereocenters. The minimum absolute atomic E-state index is 0. The van der Waals surface area contributed by atoms with Gasteiger partial charge in [-0.3, -0.25) is 0 Å². The van der Waals surface area contributed by atoms with Crippen LogP contribution in [0.15, 0.2) is 30.3 Å². The minimum Gasteiger partial charge on any atom is -0.0776 e. The van der Waals surface area contributed by atoms with Crippen molar-refractivity contribution in [3.8, 4) is 0 Å². The topological polar surface area (TPSA) is 0 Å². The lowest BCUT2D eigenvalue weighted by molar-refractivity contribution is 0.590. The van der Waals surface area contributed by atoms with Crippen molar-refractivity contribution < 1.29 is 0 Å². The summed E-state index contributed by atoms with van der Waals surface area (Å²) in [4.78, 5) is 0. The molecule has 0 saturated carbocycles. The van der Waals surface area contributed by atoms with E-state index < -0.39 is 0 Å². The summed E-state index contributed by atoms with van der Waals surface area (Å²) >= 11 is 0. The molecule has 0 heteroatoms. The van der Waals surface area contributed by atoms with Crippen molar-refractivity contribution in [1.82, 2.24) is 0 Å². The number of benzene rings is 1. The summed E-state index contributed by atoms with van der Waals surface area (Å²) in [5.41, 5.74) is 1.69. The molecule has 0 aliphatic rings. The third kappa shape index (κ3) is 2.75. The third-order valence-corrected chi connectivity index (χ3v) is 1.64.